The molecule has 114 valence electrons. The van der Waals surface area contributed by atoms with Gasteiger partial charge in [0, 0.05) is 21.1 Å². The summed E-state index contributed by atoms with van der Waals surface area (Å²) < 4.78 is 0. The topological polar surface area (TPSA) is 153 Å². The molecule has 0 saturated heterocycles. The average Bonchev–Trinajstić information content (AvgIpc) is 1.79. The molecule has 7 nitrogen and oxygen atoms in total. The van der Waals surface area contributed by atoms with E-state index in [9.17, 15) is 0 Å². The van der Waals surface area contributed by atoms with Gasteiger partial charge in [0.05, 0.1) is 0 Å². The van der Waals surface area contributed by atoms with Gasteiger partial charge in [0.1, 0.15) is 0 Å². The van der Waals surface area contributed by atoms with E-state index in [0.29, 0.717) is 0 Å². The minimum absolute atomic E-state index is 0. The summed E-state index contributed by atoms with van der Waals surface area (Å²) in [5.41, 5.74) is 0. The van der Waals surface area contributed by atoms with Crippen LogP contribution in [0, 0.1) is 0 Å². The van der Waals surface area contributed by atoms with Crippen LogP contribution in [0.2, 0.25) is 0 Å². The molecule has 8 N–H and O–H groups in total. The molecule has 0 saturated carbocycles. The molecule has 0 fully saturated rings. The molecule has 0 spiro atoms. The minimum Gasteiger partial charge on any atom is -0.412 e. The molecular weight excluding hydrogens is 406 g/mol. The van der Waals surface area contributed by atoms with Crippen LogP contribution in [-0.2, 0) is 44.7 Å². The molecule has 0 atom stereocenters. The Morgan fingerprint density at radius 2 is 0.778 bits per heavy atom. The smallest absolute Gasteiger partial charge is 0.319 e. The number of allylic oxidation sites excluding steroid dienone is 2. The maximum Gasteiger partial charge on any atom is 0.319 e. The molecule has 0 aliphatic rings. The van der Waals surface area contributed by atoms with E-state index in [-0.39, 0.29) is 26.5 Å². The molecule has 0 bridgehead atoms. The summed E-state index contributed by atoms with van der Waals surface area (Å²) in [7, 11) is 0. The van der Waals surface area contributed by atoms with Gasteiger partial charge in [-0.15, -0.1) is 13.2 Å². The standard InChI is InChI=1S/2C3H6.Mo.2H3O3PS.H2O/c2*1-3-2;;2*1-4(2,3)5;/h2*3H,1H2,2H3;;2*(H3,1,2,3,5);1H2. The van der Waals surface area contributed by atoms with E-state index in [0.717, 1.165) is 0 Å². The SMILES string of the molecule is C=CC.C=CC.O.OP(O)(O)=S.OP(O)(O)=S.[Mo]. The Morgan fingerprint density at radius 1 is 0.778 bits per heavy atom. The normalized spacial score (nSPS) is 8.00. The van der Waals surface area contributed by atoms with Crippen molar-refractivity contribution in [2.45, 2.75) is 13.8 Å². The second-order valence-corrected chi connectivity index (χ2v) is 6.84. The molecule has 0 aromatic heterocycles. The Bertz CT molecular complexity index is 210. The van der Waals surface area contributed by atoms with Crippen LogP contribution in [-0.4, -0.2) is 34.8 Å². The maximum absolute atomic E-state index is 7.56. The first-order valence-corrected chi connectivity index (χ1v) is 8.86. The first kappa shape index (κ1) is 36.5. The molecule has 0 aliphatic heterocycles. The van der Waals surface area contributed by atoms with Crippen LogP contribution in [0.25, 0.3) is 0 Å². The third kappa shape index (κ3) is 3190. The Labute approximate surface area is 132 Å². The number of rotatable bonds is 0. The van der Waals surface area contributed by atoms with Gasteiger partial charge in [-0.1, -0.05) is 12.2 Å². The van der Waals surface area contributed by atoms with Gasteiger partial charge < -0.3 is 34.8 Å². The molecular formula is C6H20MoO7P2S2. The fraction of sp³-hybridized carbons (Fsp3) is 0.333. The first-order valence-electron chi connectivity index (χ1n) is 3.54. The summed E-state index contributed by atoms with van der Waals surface area (Å²) in [5, 5.41) is 0. The van der Waals surface area contributed by atoms with Crippen molar-refractivity contribution in [1.29, 1.82) is 0 Å². The molecule has 0 radical (unpaired) electrons. The van der Waals surface area contributed by atoms with Crippen LogP contribution in [0.15, 0.2) is 25.3 Å². The van der Waals surface area contributed by atoms with Crippen molar-refractivity contribution in [3.05, 3.63) is 25.3 Å². The van der Waals surface area contributed by atoms with Crippen LogP contribution in [0.3, 0.4) is 0 Å². The summed E-state index contributed by atoms with van der Waals surface area (Å²) in [6, 6.07) is 0. The Kier molecular flexibility index (Phi) is 47.2. The number of hydrogen-bond acceptors (Lipinski definition) is 2. The van der Waals surface area contributed by atoms with E-state index in [1.54, 1.807) is 12.2 Å². The van der Waals surface area contributed by atoms with E-state index in [2.05, 4.69) is 36.8 Å². The summed E-state index contributed by atoms with van der Waals surface area (Å²) in [4.78, 5) is 45.3. The van der Waals surface area contributed by atoms with E-state index >= 15 is 0 Å². The van der Waals surface area contributed by atoms with Crippen molar-refractivity contribution in [3.8, 4) is 0 Å². The molecule has 12 heteroatoms. The maximum atomic E-state index is 7.56. The third-order valence-corrected chi connectivity index (χ3v) is 0. The van der Waals surface area contributed by atoms with Crippen LogP contribution in [0.5, 0.6) is 0 Å². The van der Waals surface area contributed by atoms with Crippen molar-refractivity contribution >= 4 is 37.1 Å². The largest absolute Gasteiger partial charge is 0.412 e. The van der Waals surface area contributed by atoms with E-state index in [4.69, 9.17) is 29.4 Å². The fourth-order valence-electron chi connectivity index (χ4n) is 0. The minimum atomic E-state index is -3.81. The van der Waals surface area contributed by atoms with Crippen LogP contribution in [0.4, 0.5) is 0 Å². The molecule has 0 aromatic carbocycles. The van der Waals surface area contributed by atoms with Gasteiger partial charge in [0.2, 0.25) is 0 Å². The Morgan fingerprint density at radius 3 is 0.778 bits per heavy atom. The summed E-state index contributed by atoms with van der Waals surface area (Å²) in [5.74, 6) is 0. The monoisotopic (exact) mass is 428 g/mol. The van der Waals surface area contributed by atoms with E-state index in [1.807, 2.05) is 13.8 Å². The molecule has 0 heterocycles. The van der Waals surface area contributed by atoms with Gasteiger partial charge in [0.25, 0.3) is 0 Å². The molecule has 0 amide bonds. The van der Waals surface area contributed by atoms with Gasteiger partial charge in [-0.25, -0.2) is 0 Å². The predicted octanol–water partition coefficient (Wildman–Crippen LogP) is -0.0670. The first-order chi connectivity index (χ1) is 6.83. The summed E-state index contributed by atoms with van der Waals surface area (Å²) in [6.07, 6.45) is 3.50. The third-order valence-electron chi connectivity index (χ3n) is 0. The second-order valence-electron chi connectivity index (χ2n) is 1.84. The van der Waals surface area contributed by atoms with E-state index < -0.39 is 13.4 Å². The van der Waals surface area contributed by atoms with Crippen molar-refractivity contribution in [1.82, 2.24) is 0 Å². The zero-order chi connectivity index (χ0) is 14.4. The fourth-order valence-corrected chi connectivity index (χ4v) is 0. The second kappa shape index (κ2) is 23.3. The Hall–Kier alpha value is 1.19. The van der Waals surface area contributed by atoms with Crippen LogP contribution in [0.1, 0.15) is 13.8 Å². The molecule has 18 heavy (non-hydrogen) atoms. The molecule has 0 rings (SSSR count). The van der Waals surface area contributed by atoms with Crippen molar-refractivity contribution in [2.24, 2.45) is 0 Å². The number of hydrogen-bond donors (Lipinski definition) is 6. The molecule has 0 aliphatic carbocycles. The molecule has 0 unspecified atom stereocenters. The van der Waals surface area contributed by atoms with Crippen molar-refractivity contribution in [3.63, 3.8) is 0 Å². The summed E-state index contributed by atoms with van der Waals surface area (Å²) >= 11 is 7.21. The molecule has 0 aromatic rings. The van der Waals surface area contributed by atoms with Gasteiger partial charge in [-0.3, -0.25) is 0 Å². The van der Waals surface area contributed by atoms with Gasteiger partial charge >= 0.3 is 13.4 Å². The average molecular weight is 426 g/mol. The Balaban J connectivity index is -0.0000000265. The van der Waals surface area contributed by atoms with Gasteiger partial charge in [-0.05, 0) is 37.5 Å². The summed E-state index contributed by atoms with van der Waals surface area (Å²) in [6.45, 7) is 2.89. The van der Waals surface area contributed by atoms with Gasteiger partial charge in [-0.2, -0.15) is 0 Å². The zero-order valence-corrected chi connectivity index (χ0v) is 15.3. The van der Waals surface area contributed by atoms with Crippen LogP contribution < -0.4 is 0 Å². The van der Waals surface area contributed by atoms with Crippen LogP contribution >= 0.6 is 13.4 Å². The van der Waals surface area contributed by atoms with Gasteiger partial charge in [0.15, 0.2) is 0 Å². The van der Waals surface area contributed by atoms with Crippen molar-refractivity contribution < 1.29 is 55.9 Å². The predicted molar refractivity (Wildman–Crippen MR) is 77.2 cm³/mol. The zero-order valence-electron chi connectivity index (χ0n) is 9.87. The van der Waals surface area contributed by atoms with Crippen molar-refractivity contribution in [2.75, 3.05) is 0 Å². The quantitative estimate of drug-likeness (QED) is 0.179. The van der Waals surface area contributed by atoms with E-state index in [1.165, 1.54) is 0 Å².